The van der Waals surface area contributed by atoms with E-state index in [0.29, 0.717) is 22.7 Å². The molecule has 4 rings (SSSR count). The molecule has 0 atom stereocenters. The van der Waals surface area contributed by atoms with E-state index >= 15 is 0 Å². The Hall–Kier alpha value is -4.64. The van der Waals surface area contributed by atoms with Gasteiger partial charge in [-0.05, 0) is 55.5 Å². The number of nitrogens with one attached hydrogen (secondary N) is 1. The zero-order valence-electron chi connectivity index (χ0n) is 17.9. The molecule has 0 fully saturated rings. The Bertz CT molecular complexity index is 1450. The fraction of sp³-hybridized carbons (Fsp3) is 0.0800. The maximum absolute atomic E-state index is 13.1. The summed E-state index contributed by atoms with van der Waals surface area (Å²) in [5.41, 5.74) is 1.27. The van der Waals surface area contributed by atoms with Crippen molar-refractivity contribution in [2.24, 2.45) is 7.05 Å². The lowest BCUT2D eigenvalue weighted by atomic mass is 10.2. The molecule has 0 radical (unpaired) electrons. The highest BCUT2D eigenvalue weighted by Crippen LogP contribution is 2.24. The molecule has 0 unspecified atom stereocenters. The number of rotatable bonds is 5. The number of nitrogens with zero attached hydrogens (tertiary/aromatic N) is 3. The molecule has 164 valence electrons. The lowest BCUT2D eigenvalue weighted by Crippen LogP contribution is -2.23. The van der Waals surface area contributed by atoms with Gasteiger partial charge in [0.05, 0.1) is 11.4 Å². The van der Waals surface area contributed by atoms with E-state index in [2.05, 4.69) is 5.32 Å². The molecule has 0 spiro atoms. The van der Waals surface area contributed by atoms with E-state index in [9.17, 15) is 19.2 Å². The Morgan fingerprint density at radius 1 is 1.09 bits per heavy atom. The molecule has 2 aromatic heterocycles. The minimum absolute atomic E-state index is 0.0824. The van der Waals surface area contributed by atoms with E-state index in [-0.39, 0.29) is 22.8 Å². The predicted octanol–water partition coefficient (Wildman–Crippen LogP) is 4.43. The Balaban J connectivity index is 1.61. The van der Waals surface area contributed by atoms with Crippen LogP contribution in [0.15, 0.2) is 81.5 Å². The van der Waals surface area contributed by atoms with Crippen molar-refractivity contribution in [2.75, 3.05) is 5.32 Å². The van der Waals surface area contributed by atoms with Gasteiger partial charge in [0.25, 0.3) is 11.5 Å². The zero-order chi connectivity index (χ0) is 23.5. The van der Waals surface area contributed by atoms with Gasteiger partial charge in [0.15, 0.2) is 0 Å². The molecule has 0 aliphatic heterocycles. The molecule has 0 bridgehead atoms. The fourth-order valence-electron chi connectivity index (χ4n) is 3.38. The van der Waals surface area contributed by atoms with Crippen LogP contribution in [0.5, 0.6) is 0 Å². The quantitative estimate of drug-likeness (QED) is 0.366. The lowest BCUT2D eigenvalue weighted by molar-refractivity contribution is -0.112. The highest BCUT2D eigenvalue weighted by molar-refractivity contribution is 6.09. The highest BCUT2D eigenvalue weighted by atomic mass is 19.1. The fourth-order valence-corrected chi connectivity index (χ4v) is 3.38. The van der Waals surface area contributed by atoms with Gasteiger partial charge >= 0.3 is 0 Å². The number of nitriles is 1. The molecule has 4 aromatic rings. The molecule has 2 aromatic carbocycles. The molecular weight excluding hydrogens is 423 g/mol. The van der Waals surface area contributed by atoms with E-state index in [1.165, 1.54) is 22.9 Å². The Labute approximate surface area is 188 Å². The predicted molar refractivity (Wildman–Crippen MR) is 122 cm³/mol. The Kier molecular flexibility index (Phi) is 5.79. The number of anilines is 1. The van der Waals surface area contributed by atoms with Gasteiger partial charge in [-0.1, -0.05) is 18.2 Å². The third-order valence-corrected chi connectivity index (χ3v) is 5.20. The lowest BCUT2D eigenvalue weighted by Gasteiger charge is -2.07. The first-order chi connectivity index (χ1) is 15.9. The number of hydrogen-bond donors (Lipinski definition) is 1. The van der Waals surface area contributed by atoms with E-state index in [1.54, 1.807) is 55.1 Å². The Morgan fingerprint density at radius 3 is 2.45 bits per heavy atom. The van der Waals surface area contributed by atoms with Crippen LogP contribution < -0.4 is 10.9 Å². The normalized spacial score (nSPS) is 11.3. The number of carbonyl (C=O) groups excluding carboxylic acids is 1. The number of halogens is 1. The van der Waals surface area contributed by atoms with Crippen molar-refractivity contribution < 1.29 is 13.6 Å². The largest absolute Gasteiger partial charge is 0.457 e. The molecule has 33 heavy (non-hydrogen) atoms. The van der Waals surface area contributed by atoms with Crippen LogP contribution in [0.1, 0.15) is 11.5 Å². The summed E-state index contributed by atoms with van der Waals surface area (Å²) in [7, 11) is 1.71. The van der Waals surface area contributed by atoms with Gasteiger partial charge in [0, 0.05) is 18.7 Å². The number of benzene rings is 2. The number of aromatic nitrogens is 2. The first kappa shape index (κ1) is 21.6. The summed E-state index contributed by atoms with van der Waals surface area (Å²) in [5, 5.41) is 12.1. The molecule has 1 amide bonds. The first-order valence-electron chi connectivity index (χ1n) is 10.0. The summed E-state index contributed by atoms with van der Waals surface area (Å²) < 4.78 is 21.9. The number of para-hydroxylation sites is 1. The maximum Gasteiger partial charge on any atom is 0.295 e. The highest BCUT2D eigenvalue weighted by Gasteiger charge is 2.20. The third kappa shape index (κ3) is 4.25. The van der Waals surface area contributed by atoms with Crippen LogP contribution >= 0.6 is 0 Å². The van der Waals surface area contributed by atoms with Crippen LogP contribution in [0.3, 0.4) is 0 Å². The van der Waals surface area contributed by atoms with Gasteiger partial charge in [0.2, 0.25) is 0 Å². The number of carbonyl (C=O) groups is 1. The van der Waals surface area contributed by atoms with Gasteiger partial charge in [0.1, 0.15) is 34.7 Å². The number of amides is 1. The Morgan fingerprint density at radius 2 is 1.79 bits per heavy atom. The molecule has 0 aliphatic carbocycles. The van der Waals surface area contributed by atoms with E-state index < -0.39 is 11.5 Å². The zero-order valence-corrected chi connectivity index (χ0v) is 17.9. The van der Waals surface area contributed by atoms with Gasteiger partial charge in [-0.3, -0.25) is 14.3 Å². The second-order valence-corrected chi connectivity index (χ2v) is 7.27. The van der Waals surface area contributed by atoms with Crippen LogP contribution in [-0.4, -0.2) is 15.3 Å². The minimum atomic E-state index is -0.733. The van der Waals surface area contributed by atoms with Crippen molar-refractivity contribution >= 4 is 17.7 Å². The summed E-state index contributed by atoms with van der Waals surface area (Å²) in [4.78, 5) is 25.8. The monoisotopic (exact) mass is 442 g/mol. The molecule has 8 heteroatoms. The molecule has 0 saturated heterocycles. The summed E-state index contributed by atoms with van der Waals surface area (Å²) in [5.74, 6) is -0.365. The van der Waals surface area contributed by atoms with Crippen molar-refractivity contribution in [3.63, 3.8) is 0 Å². The average Bonchev–Trinajstić information content (AvgIpc) is 3.37. The third-order valence-electron chi connectivity index (χ3n) is 5.20. The average molecular weight is 442 g/mol. The van der Waals surface area contributed by atoms with Crippen LogP contribution in [0.2, 0.25) is 0 Å². The standard InChI is InChI=1S/C25H19FN4O3/c1-16-23(25(32)30(29(16)2)20-6-4-3-5-7-20)28-24(31)18(15-27)14-21-12-13-22(33-21)17-8-10-19(26)11-9-17/h3-14H,1-2H3,(H,28,31)/b18-14-. The summed E-state index contributed by atoms with van der Waals surface area (Å²) in [6.45, 7) is 1.70. The molecule has 0 saturated carbocycles. The van der Waals surface area contributed by atoms with Crippen molar-refractivity contribution in [3.05, 3.63) is 99.9 Å². The van der Waals surface area contributed by atoms with Crippen molar-refractivity contribution in [1.29, 1.82) is 5.26 Å². The summed E-state index contributed by atoms with van der Waals surface area (Å²) >= 11 is 0. The van der Waals surface area contributed by atoms with Crippen molar-refractivity contribution in [1.82, 2.24) is 9.36 Å². The molecule has 7 nitrogen and oxygen atoms in total. The van der Waals surface area contributed by atoms with Crippen LogP contribution in [0.4, 0.5) is 10.1 Å². The summed E-state index contributed by atoms with van der Waals surface area (Å²) in [6, 6.07) is 19.9. The maximum atomic E-state index is 13.1. The van der Waals surface area contributed by atoms with E-state index in [0.717, 1.165) is 0 Å². The smallest absolute Gasteiger partial charge is 0.295 e. The van der Waals surface area contributed by atoms with Gasteiger partial charge in [-0.25, -0.2) is 9.07 Å². The number of hydrogen-bond acceptors (Lipinski definition) is 4. The minimum Gasteiger partial charge on any atom is -0.457 e. The topological polar surface area (TPSA) is 93.0 Å². The van der Waals surface area contributed by atoms with Gasteiger partial charge in [-0.15, -0.1) is 0 Å². The molecule has 2 heterocycles. The molecule has 0 aliphatic rings. The molecular formula is C25H19FN4O3. The van der Waals surface area contributed by atoms with Crippen LogP contribution in [0, 0.1) is 24.1 Å². The second kappa shape index (κ2) is 8.85. The van der Waals surface area contributed by atoms with E-state index in [1.807, 2.05) is 24.3 Å². The van der Waals surface area contributed by atoms with Gasteiger partial charge < -0.3 is 9.73 Å². The summed E-state index contributed by atoms with van der Waals surface area (Å²) in [6.07, 6.45) is 1.29. The van der Waals surface area contributed by atoms with Gasteiger partial charge in [-0.2, -0.15) is 5.26 Å². The van der Waals surface area contributed by atoms with Crippen molar-refractivity contribution in [3.8, 4) is 23.1 Å². The SMILES string of the molecule is Cc1c(NC(=O)/C(C#N)=C\c2ccc(-c3ccc(F)cc3)o2)c(=O)n(-c2ccccc2)n1C. The van der Waals surface area contributed by atoms with Crippen molar-refractivity contribution in [2.45, 2.75) is 6.92 Å². The number of furan rings is 1. The second-order valence-electron chi connectivity index (χ2n) is 7.27. The van der Waals surface area contributed by atoms with Crippen LogP contribution in [0.25, 0.3) is 23.1 Å². The first-order valence-corrected chi connectivity index (χ1v) is 10.0. The molecule has 1 N–H and O–H groups in total. The van der Waals surface area contributed by atoms with E-state index in [4.69, 9.17) is 4.42 Å². The van der Waals surface area contributed by atoms with Crippen LogP contribution in [-0.2, 0) is 11.8 Å².